The third kappa shape index (κ3) is 7.37. The number of halogens is 3. The van der Waals surface area contributed by atoms with Crippen LogP contribution in [0.4, 0.5) is 13.2 Å². The largest absolute Gasteiger partial charge is 0.485 e. The number of Topliss-reactive ketones (excluding diaryl/α,β-unsaturated/α-hetero) is 2. The van der Waals surface area contributed by atoms with E-state index in [9.17, 15) is 22.8 Å². The molecule has 0 aliphatic carbocycles. The van der Waals surface area contributed by atoms with Gasteiger partial charge in [-0.05, 0) is 43.5 Å². The standard InChI is InChI=1S/C21H14F3NO2S.C5H10O.C2H6/c1-12(26)15-8-6-13-4-2-3-5-16(13)20(15)27-11-19-25-17-10-14(21(22,23)24)7-9-18(17)28-19;1-4(2)5(3)6;1-2/h2-10H,11H2,1H3;4H,1-3H3;1-2H3. The second-order valence-corrected chi connectivity index (χ2v) is 9.18. The number of thiazole rings is 1. The highest BCUT2D eigenvalue weighted by molar-refractivity contribution is 7.18. The van der Waals surface area contributed by atoms with E-state index in [1.807, 2.05) is 58.0 Å². The first kappa shape index (κ1) is 29.0. The average Bonchev–Trinajstić information content (AvgIpc) is 3.25. The Morgan fingerprint density at radius 2 is 1.64 bits per heavy atom. The summed E-state index contributed by atoms with van der Waals surface area (Å²) in [5, 5.41) is 2.27. The summed E-state index contributed by atoms with van der Waals surface area (Å²) in [7, 11) is 0. The average molecular weight is 518 g/mol. The van der Waals surface area contributed by atoms with E-state index in [2.05, 4.69) is 4.98 Å². The van der Waals surface area contributed by atoms with Gasteiger partial charge in [0, 0.05) is 11.3 Å². The van der Waals surface area contributed by atoms with Crippen molar-refractivity contribution < 1.29 is 27.5 Å². The molecule has 0 N–H and O–H groups in total. The van der Waals surface area contributed by atoms with Crippen LogP contribution in [0.1, 0.15) is 62.5 Å². The molecule has 0 amide bonds. The first-order valence-electron chi connectivity index (χ1n) is 11.6. The van der Waals surface area contributed by atoms with Gasteiger partial charge in [-0.1, -0.05) is 58.0 Å². The third-order valence-electron chi connectivity index (χ3n) is 5.17. The number of carbonyl (C=O) groups is 2. The SMILES string of the molecule is CC.CC(=O)C(C)C.CC(=O)c1ccc2ccccc2c1OCc1nc2cc(C(F)(F)F)ccc2s1. The molecule has 1 aromatic heterocycles. The first-order valence-corrected chi connectivity index (χ1v) is 12.4. The molecule has 0 spiro atoms. The summed E-state index contributed by atoms with van der Waals surface area (Å²) in [6, 6.07) is 14.6. The molecule has 0 aliphatic heterocycles. The molecule has 0 aliphatic rings. The minimum Gasteiger partial charge on any atom is -0.485 e. The van der Waals surface area contributed by atoms with Crippen LogP contribution >= 0.6 is 11.3 Å². The number of carbonyl (C=O) groups excluding carboxylic acids is 2. The molecule has 8 heteroatoms. The van der Waals surface area contributed by atoms with Crippen molar-refractivity contribution in [1.29, 1.82) is 0 Å². The van der Waals surface area contributed by atoms with Gasteiger partial charge < -0.3 is 4.74 Å². The van der Waals surface area contributed by atoms with E-state index >= 15 is 0 Å². The summed E-state index contributed by atoms with van der Waals surface area (Å²) < 4.78 is 45.2. The predicted octanol–water partition coefficient (Wildman–Crippen LogP) is 8.51. The molecular weight excluding hydrogens is 487 g/mol. The van der Waals surface area contributed by atoms with E-state index in [1.54, 1.807) is 13.0 Å². The van der Waals surface area contributed by atoms with Crippen molar-refractivity contribution in [3.63, 3.8) is 0 Å². The quantitative estimate of drug-likeness (QED) is 0.249. The molecule has 192 valence electrons. The van der Waals surface area contributed by atoms with Crippen LogP contribution in [-0.2, 0) is 17.6 Å². The van der Waals surface area contributed by atoms with Crippen LogP contribution in [0.3, 0.4) is 0 Å². The Hall–Kier alpha value is -3.26. The molecule has 1 heterocycles. The lowest BCUT2D eigenvalue weighted by Crippen LogP contribution is -2.04. The van der Waals surface area contributed by atoms with Gasteiger partial charge in [-0.25, -0.2) is 4.98 Å². The lowest BCUT2D eigenvalue weighted by atomic mass is 10.0. The third-order valence-corrected chi connectivity index (χ3v) is 6.18. The maximum Gasteiger partial charge on any atom is 0.416 e. The van der Waals surface area contributed by atoms with Crippen LogP contribution in [0.15, 0.2) is 54.6 Å². The summed E-state index contributed by atoms with van der Waals surface area (Å²) in [5.74, 6) is 0.806. The molecule has 0 fully saturated rings. The Bertz CT molecular complexity index is 1340. The number of rotatable bonds is 5. The maximum atomic E-state index is 12.9. The van der Waals surface area contributed by atoms with Crippen LogP contribution in [0.2, 0.25) is 0 Å². The molecular formula is C28H30F3NO3S. The molecule has 0 unspecified atom stereocenters. The van der Waals surface area contributed by atoms with Crippen LogP contribution in [0.5, 0.6) is 5.75 Å². The second-order valence-electron chi connectivity index (χ2n) is 8.06. The van der Waals surface area contributed by atoms with Gasteiger partial charge in [0.1, 0.15) is 23.1 Å². The van der Waals surface area contributed by atoms with Crippen LogP contribution in [0, 0.1) is 5.92 Å². The van der Waals surface area contributed by atoms with Crippen LogP contribution in [-0.4, -0.2) is 16.6 Å². The first-order chi connectivity index (χ1) is 17.0. The topological polar surface area (TPSA) is 56.3 Å². The fourth-order valence-electron chi connectivity index (χ4n) is 3.02. The van der Waals surface area contributed by atoms with E-state index in [4.69, 9.17) is 4.74 Å². The molecule has 4 nitrogen and oxygen atoms in total. The number of ketones is 2. The number of hydrogen-bond donors (Lipinski definition) is 0. The predicted molar refractivity (Wildman–Crippen MR) is 140 cm³/mol. The zero-order valence-corrected chi connectivity index (χ0v) is 22.0. The fourth-order valence-corrected chi connectivity index (χ4v) is 3.88. The maximum absolute atomic E-state index is 12.9. The molecule has 4 aromatic rings. The lowest BCUT2D eigenvalue weighted by Gasteiger charge is -2.12. The van der Waals surface area contributed by atoms with Crippen molar-refractivity contribution in [2.24, 2.45) is 5.92 Å². The number of aromatic nitrogens is 1. The highest BCUT2D eigenvalue weighted by Gasteiger charge is 2.30. The Morgan fingerprint density at radius 3 is 2.22 bits per heavy atom. The number of alkyl halides is 3. The molecule has 0 radical (unpaired) electrons. The zero-order chi connectivity index (χ0) is 27.0. The molecule has 3 aromatic carbocycles. The van der Waals surface area contributed by atoms with Gasteiger partial charge in [0.15, 0.2) is 5.78 Å². The number of hydrogen-bond acceptors (Lipinski definition) is 5. The Labute approximate surface area is 213 Å². The summed E-state index contributed by atoms with van der Waals surface area (Å²) in [6.45, 7) is 10.9. The number of ether oxygens (including phenoxy) is 1. The fraction of sp³-hybridized carbons (Fsp3) is 0.321. The minimum atomic E-state index is -4.41. The van der Waals surface area contributed by atoms with Crippen molar-refractivity contribution in [2.75, 3.05) is 0 Å². The van der Waals surface area contributed by atoms with Gasteiger partial charge in [-0.2, -0.15) is 13.2 Å². The number of benzene rings is 3. The van der Waals surface area contributed by atoms with E-state index in [-0.39, 0.29) is 29.6 Å². The highest BCUT2D eigenvalue weighted by atomic mass is 32.1. The van der Waals surface area contributed by atoms with E-state index < -0.39 is 11.7 Å². The lowest BCUT2D eigenvalue weighted by molar-refractivity contribution is -0.137. The summed E-state index contributed by atoms with van der Waals surface area (Å²) in [6.07, 6.45) is -4.41. The molecule has 0 saturated heterocycles. The van der Waals surface area contributed by atoms with Crippen molar-refractivity contribution in [3.05, 3.63) is 70.7 Å². The normalized spacial score (nSPS) is 10.9. The van der Waals surface area contributed by atoms with E-state index in [1.165, 1.54) is 24.3 Å². The summed E-state index contributed by atoms with van der Waals surface area (Å²) in [4.78, 5) is 26.4. The minimum absolute atomic E-state index is 0.0645. The molecule has 4 rings (SSSR count). The van der Waals surface area contributed by atoms with E-state index in [0.29, 0.717) is 21.0 Å². The van der Waals surface area contributed by atoms with Crippen molar-refractivity contribution in [3.8, 4) is 5.75 Å². The van der Waals surface area contributed by atoms with Crippen molar-refractivity contribution >= 4 is 43.9 Å². The molecule has 0 atom stereocenters. The van der Waals surface area contributed by atoms with Gasteiger partial charge in [-0.15, -0.1) is 11.3 Å². The van der Waals surface area contributed by atoms with Gasteiger partial charge in [-0.3, -0.25) is 9.59 Å². The van der Waals surface area contributed by atoms with Crippen LogP contribution < -0.4 is 4.74 Å². The second kappa shape index (κ2) is 12.6. The van der Waals surface area contributed by atoms with Gasteiger partial charge in [0.05, 0.1) is 21.3 Å². The van der Waals surface area contributed by atoms with Gasteiger partial charge in [0.25, 0.3) is 0 Å². The monoisotopic (exact) mass is 517 g/mol. The van der Waals surface area contributed by atoms with Gasteiger partial charge >= 0.3 is 6.18 Å². The summed E-state index contributed by atoms with van der Waals surface area (Å²) in [5.41, 5.74) is 0.00740. The smallest absolute Gasteiger partial charge is 0.416 e. The Kier molecular flexibility index (Phi) is 10.2. The van der Waals surface area contributed by atoms with Crippen molar-refractivity contribution in [1.82, 2.24) is 4.98 Å². The van der Waals surface area contributed by atoms with Crippen LogP contribution in [0.25, 0.3) is 21.0 Å². The number of fused-ring (bicyclic) bond motifs is 2. The van der Waals surface area contributed by atoms with E-state index in [0.717, 1.165) is 22.9 Å². The Morgan fingerprint density at radius 1 is 1.00 bits per heavy atom. The highest BCUT2D eigenvalue weighted by Crippen LogP contribution is 2.34. The van der Waals surface area contributed by atoms with Crippen molar-refractivity contribution in [2.45, 2.75) is 54.3 Å². The molecule has 0 saturated carbocycles. The molecule has 36 heavy (non-hydrogen) atoms. The zero-order valence-electron chi connectivity index (χ0n) is 21.2. The number of nitrogens with zero attached hydrogens (tertiary/aromatic N) is 1. The Balaban J connectivity index is 0.000000502. The summed E-state index contributed by atoms with van der Waals surface area (Å²) >= 11 is 1.27. The van der Waals surface area contributed by atoms with Gasteiger partial charge in [0.2, 0.25) is 0 Å². The molecule has 0 bridgehead atoms.